The van der Waals surface area contributed by atoms with Gasteiger partial charge in [0.2, 0.25) is 11.1 Å². The lowest BCUT2D eigenvalue weighted by Crippen LogP contribution is -2.33. The maximum Gasteiger partial charge on any atom is 0.255 e. The molecular formula is C18H23N5O2S. The first-order valence-electron chi connectivity index (χ1n) is 8.39. The second-order valence-electron chi connectivity index (χ2n) is 6.37. The number of nitrogens with zero attached hydrogens (tertiary/aromatic N) is 3. The number of rotatable bonds is 5. The molecule has 0 fully saturated rings. The summed E-state index contributed by atoms with van der Waals surface area (Å²) in [5.41, 5.74) is 2.07. The van der Waals surface area contributed by atoms with Crippen LogP contribution in [0.15, 0.2) is 40.7 Å². The van der Waals surface area contributed by atoms with Gasteiger partial charge in [-0.05, 0) is 31.2 Å². The fourth-order valence-corrected chi connectivity index (χ4v) is 3.45. The van der Waals surface area contributed by atoms with Crippen LogP contribution in [0.2, 0.25) is 0 Å². The fraction of sp³-hybridized carbons (Fsp3) is 0.389. The summed E-state index contributed by atoms with van der Waals surface area (Å²) in [5, 5.41) is 11.4. The second-order valence-corrected chi connectivity index (χ2v) is 7.15. The number of allylic oxidation sites excluding steroid dienone is 1. The van der Waals surface area contributed by atoms with Gasteiger partial charge < -0.3 is 15.4 Å². The van der Waals surface area contributed by atoms with E-state index >= 15 is 0 Å². The number of hydrogen-bond donors (Lipinski definition) is 2. The fourth-order valence-electron chi connectivity index (χ4n) is 3.11. The van der Waals surface area contributed by atoms with E-state index in [4.69, 9.17) is 4.74 Å². The molecule has 1 aromatic carbocycles. The highest BCUT2D eigenvalue weighted by Crippen LogP contribution is 2.37. The van der Waals surface area contributed by atoms with Gasteiger partial charge in [-0.15, -0.1) is 5.10 Å². The minimum atomic E-state index is -0.200. The number of hydrogen-bond acceptors (Lipinski definition) is 6. The van der Waals surface area contributed by atoms with E-state index in [1.807, 2.05) is 37.4 Å². The Morgan fingerprint density at radius 2 is 2.12 bits per heavy atom. The molecule has 1 amide bonds. The zero-order chi connectivity index (χ0) is 18.8. The number of amides is 1. The molecule has 1 unspecified atom stereocenters. The van der Waals surface area contributed by atoms with Crippen LogP contribution in [0.3, 0.4) is 0 Å². The third-order valence-electron chi connectivity index (χ3n) is 4.29. The van der Waals surface area contributed by atoms with E-state index in [9.17, 15) is 4.79 Å². The van der Waals surface area contributed by atoms with Crippen LogP contribution in [0.5, 0.6) is 5.75 Å². The van der Waals surface area contributed by atoms with Crippen LogP contribution in [-0.2, 0) is 4.79 Å². The van der Waals surface area contributed by atoms with Crippen molar-refractivity contribution in [2.75, 3.05) is 24.0 Å². The van der Waals surface area contributed by atoms with E-state index in [0.717, 1.165) is 5.70 Å². The van der Waals surface area contributed by atoms with Gasteiger partial charge in [-0.2, -0.15) is 4.98 Å². The number of methoxy groups -OCH3 is 1. The molecule has 2 aromatic rings. The summed E-state index contributed by atoms with van der Waals surface area (Å²) in [4.78, 5) is 17.6. The lowest BCUT2D eigenvalue weighted by molar-refractivity contribution is -0.113. The number of carbonyl (C=O) groups is 1. The first-order chi connectivity index (χ1) is 12.5. The maximum atomic E-state index is 13.1. The Balaban J connectivity index is 1.97. The lowest BCUT2D eigenvalue weighted by atomic mass is 9.92. The van der Waals surface area contributed by atoms with E-state index in [2.05, 4.69) is 34.6 Å². The quantitative estimate of drug-likeness (QED) is 0.780. The van der Waals surface area contributed by atoms with Gasteiger partial charge in [0.25, 0.3) is 5.91 Å². The number of aromatic nitrogens is 3. The van der Waals surface area contributed by atoms with Crippen molar-refractivity contribution >= 4 is 29.3 Å². The number of anilines is 2. The molecule has 0 bridgehead atoms. The van der Waals surface area contributed by atoms with Crippen molar-refractivity contribution in [1.82, 2.24) is 14.8 Å². The van der Waals surface area contributed by atoms with Crippen molar-refractivity contribution in [1.29, 1.82) is 0 Å². The topological polar surface area (TPSA) is 81.1 Å². The monoisotopic (exact) mass is 373 g/mol. The summed E-state index contributed by atoms with van der Waals surface area (Å²) < 4.78 is 7.14. The predicted octanol–water partition coefficient (Wildman–Crippen LogP) is 3.54. The van der Waals surface area contributed by atoms with Gasteiger partial charge in [0, 0.05) is 5.70 Å². The third-order valence-corrected chi connectivity index (χ3v) is 4.83. The Morgan fingerprint density at radius 3 is 2.77 bits per heavy atom. The zero-order valence-corrected chi connectivity index (χ0v) is 16.3. The number of thioether (sulfide) groups is 1. The number of carbonyl (C=O) groups excluding carboxylic acids is 1. The van der Waals surface area contributed by atoms with Gasteiger partial charge in [0.1, 0.15) is 5.75 Å². The van der Waals surface area contributed by atoms with Crippen LogP contribution < -0.4 is 15.4 Å². The molecule has 138 valence electrons. The minimum Gasteiger partial charge on any atom is -0.495 e. The Morgan fingerprint density at radius 1 is 1.38 bits per heavy atom. The van der Waals surface area contributed by atoms with E-state index < -0.39 is 0 Å². The van der Waals surface area contributed by atoms with Gasteiger partial charge >= 0.3 is 0 Å². The largest absolute Gasteiger partial charge is 0.495 e. The molecule has 8 heteroatoms. The molecule has 0 saturated carbocycles. The Labute approximate surface area is 157 Å². The molecular weight excluding hydrogens is 350 g/mol. The smallest absolute Gasteiger partial charge is 0.255 e. The van der Waals surface area contributed by atoms with E-state index in [1.54, 1.807) is 11.8 Å². The second kappa shape index (κ2) is 7.41. The Hall–Kier alpha value is -2.48. The average Bonchev–Trinajstić information content (AvgIpc) is 3.03. The molecule has 1 aliphatic rings. The highest BCUT2D eigenvalue weighted by atomic mass is 32.2. The summed E-state index contributed by atoms with van der Waals surface area (Å²) in [5.74, 6) is 1.28. The highest BCUT2D eigenvalue weighted by Gasteiger charge is 2.35. The molecule has 1 aromatic heterocycles. The third kappa shape index (κ3) is 3.29. The zero-order valence-electron chi connectivity index (χ0n) is 15.5. The van der Waals surface area contributed by atoms with Crippen molar-refractivity contribution in [2.24, 2.45) is 5.92 Å². The summed E-state index contributed by atoms with van der Waals surface area (Å²) in [7, 11) is 1.58. The van der Waals surface area contributed by atoms with Gasteiger partial charge in [-0.25, -0.2) is 4.68 Å². The number of fused-ring (bicyclic) bond motifs is 1. The standard InChI is InChI=1S/C18H23N5O2S/c1-10(2)15-14(11(3)19-17-21-18(26-5)22-23(15)17)16(24)20-12-8-6-7-9-13(12)25-4/h6-10,15H,1-5H3,(H,20,24)(H,19,21,22). The van der Waals surface area contributed by atoms with Crippen LogP contribution in [-0.4, -0.2) is 34.0 Å². The number of benzene rings is 1. The highest BCUT2D eigenvalue weighted by molar-refractivity contribution is 7.98. The summed E-state index contributed by atoms with van der Waals surface area (Å²) >= 11 is 1.48. The molecule has 0 aliphatic carbocycles. The van der Waals surface area contributed by atoms with Crippen LogP contribution in [0.4, 0.5) is 11.6 Å². The maximum absolute atomic E-state index is 13.1. The van der Waals surface area contributed by atoms with Crippen LogP contribution in [0.1, 0.15) is 26.8 Å². The summed E-state index contributed by atoms with van der Waals surface area (Å²) in [6, 6.07) is 7.16. The van der Waals surface area contributed by atoms with Crippen LogP contribution >= 0.6 is 11.8 Å². The molecule has 0 spiro atoms. The number of para-hydroxylation sites is 2. The van der Waals surface area contributed by atoms with Gasteiger partial charge in [-0.3, -0.25) is 4.79 Å². The first-order valence-corrected chi connectivity index (χ1v) is 9.61. The SMILES string of the molecule is COc1ccccc1NC(=O)C1=C(C)Nc2nc(SC)nn2C1C(C)C. The minimum absolute atomic E-state index is 0.167. The molecule has 1 aliphatic heterocycles. The molecule has 0 radical (unpaired) electrons. The Bertz CT molecular complexity index is 859. The van der Waals surface area contributed by atoms with Crippen molar-refractivity contribution < 1.29 is 9.53 Å². The predicted molar refractivity (Wildman–Crippen MR) is 104 cm³/mol. The lowest BCUT2D eigenvalue weighted by Gasteiger charge is -2.30. The molecule has 1 atom stereocenters. The number of nitrogens with one attached hydrogen (secondary N) is 2. The molecule has 7 nitrogen and oxygen atoms in total. The van der Waals surface area contributed by atoms with Gasteiger partial charge in [0.05, 0.1) is 24.4 Å². The van der Waals surface area contributed by atoms with Crippen molar-refractivity contribution in [3.63, 3.8) is 0 Å². The van der Waals surface area contributed by atoms with Gasteiger partial charge in [0.15, 0.2) is 0 Å². The molecule has 26 heavy (non-hydrogen) atoms. The van der Waals surface area contributed by atoms with E-state index in [1.165, 1.54) is 11.8 Å². The van der Waals surface area contributed by atoms with Gasteiger partial charge in [-0.1, -0.05) is 37.7 Å². The van der Waals surface area contributed by atoms with E-state index in [0.29, 0.717) is 28.1 Å². The van der Waals surface area contributed by atoms with Crippen molar-refractivity contribution in [3.8, 4) is 5.75 Å². The number of ether oxygens (including phenoxy) is 1. The summed E-state index contributed by atoms with van der Waals surface area (Å²) in [6.45, 7) is 6.04. The molecule has 2 N–H and O–H groups in total. The normalized spacial score (nSPS) is 16.3. The molecule has 2 heterocycles. The van der Waals surface area contributed by atoms with Crippen molar-refractivity contribution in [2.45, 2.75) is 32.0 Å². The van der Waals surface area contributed by atoms with Crippen molar-refractivity contribution in [3.05, 3.63) is 35.5 Å². The van der Waals surface area contributed by atoms with E-state index in [-0.39, 0.29) is 17.9 Å². The first kappa shape index (κ1) is 18.3. The molecule has 3 rings (SSSR count). The summed E-state index contributed by atoms with van der Waals surface area (Å²) in [6.07, 6.45) is 1.93. The van der Waals surface area contributed by atoms with Crippen LogP contribution in [0.25, 0.3) is 0 Å². The van der Waals surface area contributed by atoms with Crippen LogP contribution in [0, 0.1) is 5.92 Å². The average molecular weight is 373 g/mol. The Kier molecular flexibility index (Phi) is 5.22. The molecule has 0 saturated heterocycles.